The number of aliphatic imine (C=N–C) groups is 1. The SMILES string of the molecule is CCOC(=O)C1=Cc2sc(CCCCCN(C(=O)OC(C)(C)C)C(=O)OC(C)(C)C)cc2N=C(N)C1. The highest BCUT2D eigenvalue weighted by Gasteiger charge is 2.30. The van der Waals surface area contributed by atoms with Gasteiger partial charge < -0.3 is 19.9 Å². The van der Waals surface area contributed by atoms with Gasteiger partial charge >= 0.3 is 18.2 Å². The fraction of sp³-hybridized carbons (Fsp3) is 0.615. The van der Waals surface area contributed by atoms with E-state index in [4.69, 9.17) is 19.9 Å². The molecule has 10 heteroatoms. The van der Waals surface area contributed by atoms with E-state index < -0.39 is 23.4 Å². The molecular formula is C26H39N3O6S. The maximum Gasteiger partial charge on any atom is 0.419 e. The van der Waals surface area contributed by atoms with Crippen LogP contribution in [0.3, 0.4) is 0 Å². The van der Waals surface area contributed by atoms with E-state index in [1.165, 1.54) is 0 Å². The number of hydrogen-bond donors (Lipinski definition) is 1. The van der Waals surface area contributed by atoms with E-state index in [9.17, 15) is 14.4 Å². The van der Waals surface area contributed by atoms with E-state index in [2.05, 4.69) is 4.99 Å². The molecular weight excluding hydrogens is 482 g/mol. The van der Waals surface area contributed by atoms with Gasteiger partial charge in [-0.2, -0.15) is 0 Å². The molecule has 2 N–H and O–H groups in total. The summed E-state index contributed by atoms with van der Waals surface area (Å²) < 4.78 is 15.9. The van der Waals surface area contributed by atoms with E-state index in [-0.39, 0.29) is 18.9 Å². The van der Waals surface area contributed by atoms with Gasteiger partial charge in [0.25, 0.3) is 0 Å². The van der Waals surface area contributed by atoms with Gasteiger partial charge in [0, 0.05) is 23.4 Å². The minimum Gasteiger partial charge on any atom is -0.463 e. The number of nitrogens with zero attached hydrogens (tertiary/aromatic N) is 2. The monoisotopic (exact) mass is 521 g/mol. The van der Waals surface area contributed by atoms with Gasteiger partial charge in [0.2, 0.25) is 0 Å². The van der Waals surface area contributed by atoms with Gasteiger partial charge in [-0.1, -0.05) is 6.42 Å². The molecule has 0 fully saturated rings. The number of aryl methyl sites for hydroxylation is 1. The largest absolute Gasteiger partial charge is 0.463 e. The van der Waals surface area contributed by atoms with Crippen LogP contribution in [0.5, 0.6) is 0 Å². The Bertz CT molecular complexity index is 986. The predicted molar refractivity (Wildman–Crippen MR) is 142 cm³/mol. The number of amides is 2. The van der Waals surface area contributed by atoms with E-state index in [0.717, 1.165) is 39.6 Å². The minimum atomic E-state index is -0.720. The molecule has 9 nitrogen and oxygen atoms in total. The van der Waals surface area contributed by atoms with Crippen LogP contribution in [0, 0.1) is 0 Å². The summed E-state index contributed by atoms with van der Waals surface area (Å²) in [7, 11) is 0. The topological polar surface area (TPSA) is 121 Å². The second kappa shape index (κ2) is 12.4. The first-order chi connectivity index (χ1) is 16.7. The van der Waals surface area contributed by atoms with Crippen molar-refractivity contribution < 1.29 is 28.6 Å². The molecule has 0 unspecified atom stereocenters. The Morgan fingerprint density at radius 3 is 2.19 bits per heavy atom. The highest BCUT2D eigenvalue weighted by atomic mass is 32.1. The van der Waals surface area contributed by atoms with Gasteiger partial charge in [0.15, 0.2) is 0 Å². The van der Waals surface area contributed by atoms with E-state index in [1.807, 2.05) is 12.1 Å². The Labute approximate surface area is 217 Å². The first kappa shape index (κ1) is 29.4. The molecule has 1 aromatic rings. The third-order valence-electron chi connectivity index (χ3n) is 4.80. The third kappa shape index (κ3) is 9.64. The van der Waals surface area contributed by atoms with Crippen LogP contribution in [0.2, 0.25) is 0 Å². The lowest BCUT2D eigenvalue weighted by Gasteiger charge is -2.28. The summed E-state index contributed by atoms with van der Waals surface area (Å²) in [5, 5.41) is 0. The van der Waals surface area contributed by atoms with Gasteiger partial charge in [-0.15, -0.1) is 11.3 Å². The molecule has 0 radical (unpaired) electrons. The van der Waals surface area contributed by atoms with Gasteiger partial charge in [-0.3, -0.25) is 0 Å². The van der Waals surface area contributed by atoms with Crippen molar-refractivity contribution in [1.82, 2.24) is 4.90 Å². The highest BCUT2D eigenvalue weighted by molar-refractivity contribution is 7.13. The lowest BCUT2D eigenvalue weighted by atomic mass is 10.1. The molecule has 1 aliphatic heterocycles. The number of fused-ring (bicyclic) bond motifs is 1. The Morgan fingerprint density at radius 2 is 1.64 bits per heavy atom. The van der Waals surface area contributed by atoms with Crippen LogP contribution in [-0.2, 0) is 25.4 Å². The second-order valence-electron chi connectivity index (χ2n) is 10.6. The van der Waals surface area contributed by atoms with E-state index in [1.54, 1.807) is 59.8 Å². The van der Waals surface area contributed by atoms with Gasteiger partial charge in [0.05, 0.1) is 17.2 Å². The van der Waals surface area contributed by atoms with Crippen LogP contribution in [0.4, 0.5) is 15.3 Å². The molecule has 0 aromatic carbocycles. The first-order valence-electron chi connectivity index (χ1n) is 12.3. The molecule has 0 bridgehead atoms. The zero-order valence-electron chi connectivity index (χ0n) is 22.4. The number of carbonyl (C=O) groups excluding carboxylic acids is 3. The zero-order valence-corrected chi connectivity index (χ0v) is 23.3. The maximum absolute atomic E-state index is 12.6. The Morgan fingerprint density at radius 1 is 1.03 bits per heavy atom. The summed E-state index contributed by atoms with van der Waals surface area (Å²) in [5.74, 6) is -0.000223. The van der Waals surface area contributed by atoms with Crippen LogP contribution in [0.1, 0.15) is 83.9 Å². The van der Waals surface area contributed by atoms with Crippen molar-refractivity contribution in [2.24, 2.45) is 10.7 Å². The van der Waals surface area contributed by atoms with Crippen molar-refractivity contribution in [1.29, 1.82) is 0 Å². The summed E-state index contributed by atoms with van der Waals surface area (Å²) >= 11 is 1.57. The molecule has 0 spiro atoms. The van der Waals surface area contributed by atoms with Crippen LogP contribution in [0.15, 0.2) is 16.6 Å². The highest BCUT2D eigenvalue weighted by Crippen LogP contribution is 2.35. The number of ether oxygens (including phenoxy) is 3. The van der Waals surface area contributed by atoms with Crippen molar-refractivity contribution in [2.75, 3.05) is 13.2 Å². The molecule has 200 valence electrons. The number of unbranched alkanes of at least 4 members (excludes halogenated alkanes) is 2. The average Bonchev–Trinajstić information content (AvgIpc) is 3.00. The fourth-order valence-corrected chi connectivity index (χ4v) is 4.46. The summed E-state index contributed by atoms with van der Waals surface area (Å²) in [6.45, 7) is 12.8. The fourth-order valence-electron chi connectivity index (χ4n) is 3.35. The van der Waals surface area contributed by atoms with Crippen molar-refractivity contribution >= 4 is 47.1 Å². The van der Waals surface area contributed by atoms with Crippen molar-refractivity contribution in [3.63, 3.8) is 0 Å². The number of nitrogens with two attached hydrogens (primary N) is 1. The Hall–Kier alpha value is -2.88. The molecule has 0 saturated heterocycles. The summed E-state index contributed by atoms with van der Waals surface area (Å²) in [5.41, 5.74) is 5.81. The number of amidine groups is 1. The summed E-state index contributed by atoms with van der Waals surface area (Å²) in [6.07, 6.45) is 3.71. The molecule has 1 aromatic heterocycles. The van der Waals surface area contributed by atoms with E-state index >= 15 is 0 Å². The zero-order chi connectivity index (χ0) is 27.1. The van der Waals surface area contributed by atoms with Crippen LogP contribution < -0.4 is 5.73 Å². The number of imide groups is 1. The number of carbonyl (C=O) groups is 3. The Kier molecular flexibility index (Phi) is 10.1. The normalized spacial score (nSPS) is 13.6. The summed E-state index contributed by atoms with van der Waals surface area (Å²) in [4.78, 5) is 44.9. The molecule has 2 rings (SSSR count). The van der Waals surface area contributed by atoms with Crippen LogP contribution in [-0.4, -0.2) is 53.2 Å². The third-order valence-corrected chi connectivity index (χ3v) is 5.93. The standard InChI is InChI=1S/C26H39N3O6S/c1-8-33-22(30)17-14-20-19(28-21(27)15-17)16-18(36-20)12-10-9-11-13-29(23(31)34-25(2,3)4)24(32)35-26(5,6)7/h14,16H,8-13,15H2,1-7H3,(H2,27,28). The predicted octanol–water partition coefficient (Wildman–Crippen LogP) is 5.97. The van der Waals surface area contributed by atoms with Crippen molar-refractivity contribution in [2.45, 2.75) is 91.8 Å². The lowest BCUT2D eigenvalue weighted by Crippen LogP contribution is -2.44. The molecule has 36 heavy (non-hydrogen) atoms. The number of rotatable bonds is 8. The first-order valence-corrected chi connectivity index (χ1v) is 13.1. The number of hydrogen-bond acceptors (Lipinski definition) is 9. The molecule has 2 heterocycles. The minimum absolute atomic E-state index is 0.206. The molecule has 0 aliphatic carbocycles. The van der Waals surface area contributed by atoms with Crippen LogP contribution in [0.25, 0.3) is 6.08 Å². The molecule has 0 saturated carbocycles. The number of thiophene rings is 1. The van der Waals surface area contributed by atoms with Gasteiger partial charge in [-0.25, -0.2) is 24.3 Å². The van der Waals surface area contributed by atoms with Gasteiger partial charge in [0.1, 0.15) is 17.0 Å². The quantitative estimate of drug-likeness (QED) is 0.254. The average molecular weight is 522 g/mol. The maximum atomic E-state index is 12.6. The summed E-state index contributed by atoms with van der Waals surface area (Å²) in [6, 6.07) is 1.99. The van der Waals surface area contributed by atoms with Crippen molar-refractivity contribution in [3.8, 4) is 0 Å². The lowest BCUT2D eigenvalue weighted by molar-refractivity contribution is -0.138. The second-order valence-corrected chi connectivity index (χ2v) is 11.7. The molecule has 1 aliphatic rings. The van der Waals surface area contributed by atoms with Crippen LogP contribution >= 0.6 is 11.3 Å². The van der Waals surface area contributed by atoms with E-state index in [0.29, 0.717) is 24.4 Å². The smallest absolute Gasteiger partial charge is 0.419 e. The van der Waals surface area contributed by atoms with Gasteiger partial charge in [-0.05, 0) is 79.9 Å². The Balaban J connectivity index is 1.97. The molecule has 2 amide bonds. The molecule has 0 atom stereocenters. The number of esters is 1. The van der Waals surface area contributed by atoms with Crippen molar-refractivity contribution in [3.05, 3.63) is 21.4 Å².